The second-order valence-corrected chi connectivity index (χ2v) is 25.2. The quantitative estimate of drug-likeness (QED) is 0.172. The lowest BCUT2D eigenvalue weighted by Gasteiger charge is -2.23. The molecule has 0 saturated carbocycles. The van der Waals surface area contributed by atoms with Gasteiger partial charge in [0.25, 0.3) is 0 Å². The van der Waals surface area contributed by atoms with Gasteiger partial charge in [-0.05, 0) is 158 Å². The number of fused-ring (bicyclic) bond motifs is 11. The zero-order valence-corrected chi connectivity index (χ0v) is 45.0. The van der Waals surface area contributed by atoms with E-state index < -0.39 is 0 Å². The summed E-state index contributed by atoms with van der Waals surface area (Å²) < 4.78 is 14.3. The van der Waals surface area contributed by atoms with Crippen LogP contribution in [0.2, 0.25) is 0 Å². The minimum Gasteiger partial charge on any atom is -0.452 e. The highest BCUT2D eigenvalue weighted by molar-refractivity contribution is 6.15. The Bertz CT molecular complexity index is 4130. The molecule has 74 heavy (non-hydrogen) atoms. The lowest BCUT2D eigenvalue weighted by atomic mass is 9.85. The van der Waals surface area contributed by atoms with Crippen molar-refractivity contribution >= 4 is 65.4 Å². The van der Waals surface area contributed by atoms with E-state index in [1.807, 2.05) is 0 Å². The molecule has 0 atom stereocenters. The van der Waals surface area contributed by atoms with Crippen molar-refractivity contribution in [2.45, 2.75) is 105 Å². The molecule has 3 aromatic heterocycles. The first kappa shape index (κ1) is 46.0. The molecule has 4 heteroatoms. The Morgan fingerprint density at radius 1 is 0.311 bits per heavy atom. The third-order valence-electron chi connectivity index (χ3n) is 16.1. The molecule has 9 aromatic carbocycles. The molecule has 0 saturated heterocycles. The molecule has 0 unspecified atom stereocenters. The number of nitrogens with zero attached hydrogens (tertiary/aromatic N) is 3. The summed E-state index contributed by atoms with van der Waals surface area (Å²) in [6, 6.07) is 66.4. The lowest BCUT2D eigenvalue weighted by molar-refractivity contribution is 0.478. The van der Waals surface area contributed by atoms with Crippen LogP contribution in [-0.2, 0) is 21.7 Å². The third-order valence-corrected chi connectivity index (χ3v) is 16.1. The molecule has 0 fully saturated rings. The first-order chi connectivity index (χ1) is 35.2. The van der Waals surface area contributed by atoms with Crippen molar-refractivity contribution < 1.29 is 4.74 Å². The molecule has 0 N–H and O–H groups in total. The molecular weight excluding hydrogens is 899 g/mol. The summed E-state index contributed by atoms with van der Waals surface area (Å²) in [5.74, 6) is 1.73. The van der Waals surface area contributed by atoms with E-state index in [9.17, 15) is 0 Å². The van der Waals surface area contributed by atoms with Crippen LogP contribution in [0.5, 0.6) is 11.5 Å². The molecule has 4 nitrogen and oxygen atoms in total. The molecule has 1 aliphatic rings. The van der Waals surface area contributed by atoms with Gasteiger partial charge in [-0.25, -0.2) is 0 Å². The van der Waals surface area contributed by atoms with Crippen molar-refractivity contribution in [1.29, 1.82) is 0 Å². The fourth-order valence-electron chi connectivity index (χ4n) is 11.7. The van der Waals surface area contributed by atoms with Crippen molar-refractivity contribution in [3.05, 3.63) is 198 Å². The minimum atomic E-state index is 0.0431. The minimum absolute atomic E-state index is 0.0431. The van der Waals surface area contributed by atoms with Gasteiger partial charge >= 0.3 is 0 Å². The van der Waals surface area contributed by atoms with Crippen LogP contribution in [0.4, 0.5) is 0 Å². The molecule has 0 radical (unpaired) electrons. The highest BCUT2D eigenvalue weighted by atomic mass is 16.5. The molecule has 4 heterocycles. The van der Waals surface area contributed by atoms with Crippen LogP contribution in [0.15, 0.2) is 176 Å². The van der Waals surface area contributed by atoms with Gasteiger partial charge in [0.2, 0.25) is 0 Å². The Morgan fingerprint density at radius 2 is 0.716 bits per heavy atom. The van der Waals surface area contributed by atoms with Gasteiger partial charge in [0.15, 0.2) is 11.5 Å². The summed E-state index contributed by atoms with van der Waals surface area (Å²) >= 11 is 0. The topological polar surface area (TPSA) is 24.0 Å². The van der Waals surface area contributed by atoms with Crippen LogP contribution in [0.3, 0.4) is 0 Å². The molecule has 13 rings (SSSR count). The van der Waals surface area contributed by atoms with E-state index >= 15 is 0 Å². The van der Waals surface area contributed by atoms with Crippen LogP contribution in [0.1, 0.15) is 105 Å². The smallest absolute Gasteiger partial charge is 0.160 e. The number of benzene rings is 9. The normalized spacial score (nSPS) is 13.2. The SMILES string of the molecule is CC(C)(C)c1ccc2c(c1)c1cc(C(C)(C)C)ccc1n2-c1ccc(-c2ccc3c4ccc(-c5ccc(-n6c7ccc(C(C)(C)C)cc7c7cc(C(C)(C)C)ccc76)cc5)c5c4n(c3c2)-c2ccccc2O5)cc1. The van der Waals surface area contributed by atoms with E-state index in [1.165, 1.54) is 87.8 Å². The maximum Gasteiger partial charge on any atom is 0.160 e. The van der Waals surface area contributed by atoms with Crippen molar-refractivity contribution in [1.82, 2.24) is 13.7 Å². The summed E-state index contributed by atoms with van der Waals surface area (Å²) in [6.07, 6.45) is 0. The van der Waals surface area contributed by atoms with Gasteiger partial charge < -0.3 is 18.4 Å². The van der Waals surface area contributed by atoms with Gasteiger partial charge in [0.1, 0.15) is 0 Å². The van der Waals surface area contributed by atoms with E-state index in [0.717, 1.165) is 50.7 Å². The van der Waals surface area contributed by atoms with Gasteiger partial charge in [-0.1, -0.05) is 162 Å². The monoisotopic (exact) mass is 964 g/mol. The van der Waals surface area contributed by atoms with E-state index in [0.29, 0.717) is 0 Å². The Hall–Kier alpha value is -7.82. The average Bonchev–Trinajstić information content (AvgIpc) is 4.01. The standard InChI is InChI=1S/C70H65N3O/c1-67(2,3)45-22-33-58-54(38-45)55-39-46(68(4,5)6)23-34-59(55)71(58)49-26-17-42(18-27-49)44-21-30-52-53-32-31-51(66-65(53)73(63(52)37-44)62-15-13-14-16-64(62)74-66)43-19-28-50(29-20-43)72-60-35-24-47(69(7,8)9)40-56(60)57-41-48(70(10,11)12)25-36-61(57)72/h13-41H,1-12H3. The highest BCUT2D eigenvalue weighted by Crippen LogP contribution is 2.50. The Balaban J connectivity index is 0.908. The number of aromatic nitrogens is 3. The van der Waals surface area contributed by atoms with Crippen molar-refractivity contribution in [3.63, 3.8) is 0 Å². The van der Waals surface area contributed by atoms with Crippen LogP contribution in [-0.4, -0.2) is 13.7 Å². The molecule has 1 aliphatic heterocycles. The molecule has 12 aromatic rings. The van der Waals surface area contributed by atoms with Gasteiger partial charge in [0, 0.05) is 49.3 Å². The average molecular weight is 964 g/mol. The summed E-state index contributed by atoms with van der Waals surface area (Å²) in [7, 11) is 0. The van der Waals surface area contributed by atoms with Crippen molar-refractivity contribution in [3.8, 4) is 50.8 Å². The summed E-state index contributed by atoms with van der Waals surface area (Å²) in [6.45, 7) is 27.6. The van der Waals surface area contributed by atoms with Crippen molar-refractivity contribution in [2.24, 2.45) is 0 Å². The Kier molecular flexibility index (Phi) is 9.85. The van der Waals surface area contributed by atoms with Crippen LogP contribution in [0.25, 0.3) is 105 Å². The lowest BCUT2D eigenvalue weighted by Crippen LogP contribution is -2.10. The number of para-hydroxylation sites is 2. The number of ether oxygens (including phenoxy) is 1. The van der Waals surface area contributed by atoms with Crippen molar-refractivity contribution in [2.75, 3.05) is 0 Å². The Morgan fingerprint density at radius 3 is 1.16 bits per heavy atom. The zero-order chi connectivity index (χ0) is 51.4. The van der Waals surface area contributed by atoms with Crippen LogP contribution < -0.4 is 4.74 Å². The van der Waals surface area contributed by atoms with E-state index in [1.54, 1.807) is 0 Å². The van der Waals surface area contributed by atoms with Gasteiger partial charge in [-0.3, -0.25) is 0 Å². The number of hydrogen-bond acceptors (Lipinski definition) is 1. The number of hydrogen-bond donors (Lipinski definition) is 0. The molecule has 0 bridgehead atoms. The molecule has 0 amide bonds. The molecule has 0 aliphatic carbocycles. The fraction of sp³-hybridized carbons (Fsp3) is 0.229. The van der Waals surface area contributed by atoms with Crippen LogP contribution in [0, 0.1) is 0 Å². The predicted molar refractivity (Wildman–Crippen MR) is 315 cm³/mol. The highest BCUT2D eigenvalue weighted by Gasteiger charge is 2.28. The first-order valence-electron chi connectivity index (χ1n) is 26.5. The number of rotatable bonds is 4. The fourth-order valence-corrected chi connectivity index (χ4v) is 11.7. The largest absolute Gasteiger partial charge is 0.452 e. The Labute approximate surface area is 435 Å². The van der Waals surface area contributed by atoms with E-state index in [2.05, 4.69) is 273 Å². The maximum absolute atomic E-state index is 7.00. The summed E-state index contributed by atoms with van der Waals surface area (Å²) in [4.78, 5) is 0. The second-order valence-electron chi connectivity index (χ2n) is 25.2. The van der Waals surface area contributed by atoms with E-state index in [-0.39, 0.29) is 21.7 Å². The summed E-state index contributed by atoms with van der Waals surface area (Å²) in [5, 5.41) is 7.57. The predicted octanol–water partition coefficient (Wildman–Crippen LogP) is 19.6. The molecular formula is C70H65N3O. The maximum atomic E-state index is 7.00. The van der Waals surface area contributed by atoms with Gasteiger partial charge in [0.05, 0.1) is 38.8 Å². The first-order valence-corrected chi connectivity index (χ1v) is 26.5. The third kappa shape index (κ3) is 7.16. The molecule has 366 valence electrons. The second kappa shape index (κ2) is 15.8. The molecule has 0 spiro atoms. The van der Waals surface area contributed by atoms with Gasteiger partial charge in [-0.2, -0.15) is 0 Å². The zero-order valence-electron chi connectivity index (χ0n) is 45.0. The summed E-state index contributed by atoms with van der Waals surface area (Å²) in [5.41, 5.74) is 20.6. The van der Waals surface area contributed by atoms with E-state index in [4.69, 9.17) is 4.74 Å². The van der Waals surface area contributed by atoms with Gasteiger partial charge in [-0.15, -0.1) is 0 Å². The van der Waals surface area contributed by atoms with Crippen LogP contribution >= 0.6 is 0 Å².